The Labute approximate surface area is 123 Å². The largest absolute Gasteiger partial charge is 0.380 e. The van der Waals surface area contributed by atoms with Gasteiger partial charge in [-0.15, -0.1) is 5.10 Å². The summed E-state index contributed by atoms with van der Waals surface area (Å²) in [5, 5.41) is 15.7. The molecule has 0 aliphatic rings. The van der Waals surface area contributed by atoms with E-state index >= 15 is 0 Å². The van der Waals surface area contributed by atoms with Crippen LogP contribution in [0.1, 0.15) is 19.8 Å². The molecule has 0 spiro atoms. The lowest BCUT2D eigenvalue weighted by molar-refractivity contribution is 0.133. The van der Waals surface area contributed by atoms with E-state index in [1.54, 1.807) is 11.7 Å². The molecule has 2 aromatic heterocycles. The number of hydrogen-bond acceptors (Lipinski definition) is 6. The van der Waals surface area contributed by atoms with Crippen LogP contribution in [0.4, 0.5) is 0 Å². The van der Waals surface area contributed by atoms with Crippen LogP contribution in [-0.2, 0) is 18.3 Å². The smallest absolute Gasteiger partial charge is 0.280 e. The number of fused-ring (bicyclic) bond motifs is 1. The molecule has 0 unspecified atom stereocenters. The maximum Gasteiger partial charge on any atom is 0.280 e. The van der Waals surface area contributed by atoms with Gasteiger partial charge in [-0.3, -0.25) is 4.79 Å². The van der Waals surface area contributed by atoms with Crippen LogP contribution in [0.5, 0.6) is 0 Å². The molecule has 2 heterocycles. The standard InChI is InChI=1S/C13H22N6O2/c1-3-4-8-21-9-6-14-5-7-19-13(20)11-10-15-18(2)12(11)16-17-19/h10,14H,3-9H2,1-2H3. The van der Waals surface area contributed by atoms with E-state index in [9.17, 15) is 4.79 Å². The summed E-state index contributed by atoms with van der Waals surface area (Å²) >= 11 is 0. The maximum atomic E-state index is 12.1. The topological polar surface area (TPSA) is 86.9 Å². The summed E-state index contributed by atoms with van der Waals surface area (Å²) in [6.07, 6.45) is 3.76. The molecule has 8 nitrogen and oxygen atoms in total. The number of rotatable bonds is 9. The Bertz CT molecular complexity index is 621. The Morgan fingerprint density at radius 1 is 1.33 bits per heavy atom. The van der Waals surface area contributed by atoms with Gasteiger partial charge in [-0.05, 0) is 6.42 Å². The average Bonchev–Trinajstić information content (AvgIpc) is 2.86. The molecule has 21 heavy (non-hydrogen) atoms. The second-order valence-corrected chi connectivity index (χ2v) is 4.84. The Hall–Kier alpha value is -1.80. The molecule has 0 aromatic carbocycles. The molecule has 8 heteroatoms. The van der Waals surface area contributed by atoms with Crippen molar-refractivity contribution in [3.63, 3.8) is 0 Å². The zero-order valence-corrected chi connectivity index (χ0v) is 12.6. The molecule has 0 aliphatic heterocycles. The van der Waals surface area contributed by atoms with Crippen LogP contribution in [0, 0.1) is 0 Å². The quantitative estimate of drug-likeness (QED) is 0.652. The zero-order valence-electron chi connectivity index (χ0n) is 12.6. The van der Waals surface area contributed by atoms with Gasteiger partial charge in [0.2, 0.25) is 0 Å². The fourth-order valence-electron chi connectivity index (χ4n) is 1.93. The lowest BCUT2D eigenvalue weighted by Crippen LogP contribution is -2.31. The molecule has 116 valence electrons. The fourth-order valence-corrected chi connectivity index (χ4v) is 1.93. The van der Waals surface area contributed by atoms with Crippen molar-refractivity contribution >= 4 is 11.0 Å². The number of unbranched alkanes of at least 4 members (excludes halogenated alkanes) is 1. The predicted molar refractivity (Wildman–Crippen MR) is 79.2 cm³/mol. The van der Waals surface area contributed by atoms with Crippen LogP contribution in [0.15, 0.2) is 11.0 Å². The summed E-state index contributed by atoms with van der Waals surface area (Å²) in [5.41, 5.74) is 0.350. The highest BCUT2D eigenvalue weighted by Gasteiger charge is 2.08. The van der Waals surface area contributed by atoms with Gasteiger partial charge in [0.05, 0.1) is 19.3 Å². The predicted octanol–water partition coefficient (Wildman–Crippen LogP) is -0.0687. The van der Waals surface area contributed by atoms with Gasteiger partial charge in [-0.1, -0.05) is 18.6 Å². The van der Waals surface area contributed by atoms with E-state index in [0.29, 0.717) is 30.7 Å². The number of hydrogen-bond donors (Lipinski definition) is 1. The number of ether oxygens (including phenoxy) is 1. The highest BCUT2D eigenvalue weighted by atomic mass is 16.5. The minimum atomic E-state index is -0.158. The van der Waals surface area contributed by atoms with E-state index < -0.39 is 0 Å². The van der Waals surface area contributed by atoms with Crippen LogP contribution in [0.25, 0.3) is 11.0 Å². The molecule has 0 radical (unpaired) electrons. The molecule has 0 fully saturated rings. The highest BCUT2D eigenvalue weighted by Crippen LogP contribution is 2.01. The second-order valence-electron chi connectivity index (χ2n) is 4.84. The van der Waals surface area contributed by atoms with Crippen molar-refractivity contribution in [3.05, 3.63) is 16.6 Å². The van der Waals surface area contributed by atoms with E-state index in [1.807, 2.05) is 0 Å². The molecule has 2 aromatic rings. The lowest BCUT2D eigenvalue weighted by atomic mass is 10.4. The van der Waals surface area contributed by atoms with Gasteiger partial charge in [0.1, 0.15) is 5.39 Å². The van der Waals surface area contributed by atoms with E-state index in [-0.39, 0.29) is 5.56 Å². The van der Waals surface area contributed by atoms with Gasteiger partial charge in [0.15, 0.2) is 5.65 Å². The Kier molecular flexibility index (Phi) is 5.82. The van der Waals surface area contributed by atoms with Crippen molar-refractivity contribution < 1.29 is 4.74 Å². The first-order chi connectivity index (χ1) is 10.2. The Balaban J connectivity index is 1.76. The van der Waals surface area contributed by atoms with E-state index in [4.69, 9.17) is 4.74 Å². The first-order valence-corrected chi connectivity index (χ1v) is 7.28. The third-order valence-electron chi connectivity index (χ3n) is 3.19. The van der Waals surface area contributed by atoms with Crippen LogP contribution in [0.3, 0.4) is 0 Å². The lowest BCUT2D eigenvalue weighted by Gasteiger charge is -2.06. The van der Waals surface area contributed by atoms with Gasteiger partial charge in [-0.25, -0.2) is 9.36 Å². The monoisotopic (exact) mass is 294 g/mol. The van der Waals surface area contributed by atoms with Crippen molar-refractivity contribution in [2.24, 2.45) is 7.05 Å². The summed E-state index contributed by atoms with van der Waals surface area (Å²) in [6, 6.07) is 0. The van der Waals surface area contributed by atoms with Crippen molar-refractivity contribution in [2.75, 3.05) is 26.3 Å². The van der Waals surface area contributed by atoms with Crippen molar-refractivity contribution in [3.8, 4) is 0 Å². The van der Waals surface area contributed by atoms with Gasteiger partial charge in [0.25, 0.3) is 5.56 Å². The SMILES string of the molecule is CCCCOCCNCCn1nnc2c(cnn2C)c1=O. The molecular weight excluding hydrogens is 272 g/mol. The summed E-state index contributed by atoms with van der Waals surface area (Å²) < 4.78 is 8.34. The van der Waals surface area contributed by atoms with Gasteiger partial charge in [-0.2, -0.15) is 5.10 Å². The minimum Gasteiger partial charge on any atom is -0.380 e. The molecule has 1 N–H and O–H groups in total. The van der Waals surface area contributed by atoms with Crippen LogP contribution in [0.2, 0.25) is 0 Å². The van der Waals surface area contributed by atoms with E-state index in [0.717, 1.165) is 26.0 Å². The Morgan fingerprint density at radius 2 is 2.19 bits per heavy atom. The van der Waals surface area contributed by atoms with Gasteiger partial charge < -0.3 is 10.1 Å². The van der Waals surface area contributed by atoms with Crippen molar-refractivity contribution in [2.45, 2.75) is 26.3 Å². The first kappa shape index (κ1) is 15.6. The van der Waals surface area contributed by atoms with Crippen LogP contribution < -0.4 is 10.9 Å². The van der Waals surface area contributed by atoms with Crippen molar-refractivity contribution in [1.82, 2.24) is 30.1 Å². The molecule has 0 saturated carbocycles. The second kappa shape index (κ2) is 7.84. The normalized spacial score (nSPS) is 11.3. The minimum absolute atomic E-state index is 0.158. The third-order valence-corrected chi connectivity index (χ3v) is 3.19. The van der Waals surface area contributed by atoms with Crippen LogP contribution in [-0.4, -0.2) is 51.1 Å². The van der Waals surface area contributed by atoms with Crippen molar-refractivity contribution in [1.29, 1.82) is 0 Å². The molecule has 0 atom stereocenters. The number of nitrogens with one attached hydrogen (secondary N) is 1. The van der Waals surface area contributed by atoms with E-state index in [2.05, 4.69) is 27.7 Å². The summed E-state index contributed by atoms with van der Waals surface area (Å²) in [5.74, 6) is 0. The molecular formula is C13H22N6O2. The summed E-state index contributed by atoms with van der Waals surface area (Å²) in [4.78, 5) is 12.1. The maximum absolute atomic E-state index is 12.1. The summed E-state index contributed by atoms with van der Waals surface area (Å²) in [6.45, 7) is 5.52. The molecule has 0 amide bonds. The van der Waals surface area contributed by atoms with Gasteiger partial charge in [0, 0.05) is 26.7 Å². The number of aromatic nitrogens is 5. The molecule has 0 saturated heterocycles. The molecule has 0 bridgehead atoms. The molecule has 2 rings (SSSR count). The zero-order chi connectivity index (χ0) is 15.1. The molecule has 0 aliphatic carbocycles. The van der Waals surface area contributed by atoms with E-state index in [1.165, 1.54) is 10.9 Å². The van der Waals surface area contributed by atoms with Gasteiger partial charge >= 0.3 is 0 Å². The summed E-state index contributed by atoms with van der Waals surface area (Å²) in [7, 11) is 1.74. The fraction of sp³-hybridized carbons (Fsp3) is 0.692. The van der Waals surface area contributed by atoms with Crippen LogP contribution >= 0.6 is 0 Å². The average molecular weight is 294 g/mol. The third kappa shape index (κ3) is 4.08. The highest BCUT2D eigenvalue weighted by molar-refractivity contribution is 5.72. The number of aryl methyl sites for hydroxylation is 1. The number of nitrogens with zero attached hydrogens (tertiary/aromatic N) is 5. The first-order valence-electron chi connectivity index (χ1n) is 7.28. The Morgan fingerprint density at radius 3 is 3.00 bits per heavy atom.